The summed E-state index contributed by atoms with van der Waals surface area (Å²) < 4.78 is 5.38. The molecular formula is C28H22N4O3S. The number of hydrazone groups is 1. The Labute approximate surface area is 211 Å². The topological polar surface area (TPSA) is 96.6 Å². The third kappa shape index (κ3) is 4.94. The Balaban J connectivity index is 1.36. The van der Waals surface area contributed by atoms with Gasteiger partial charge < -0.3 is 9.73 Å². The van der Waals surface area contributed by atoms with Crippen molar-refractivity contribution in [2.75, 3.05) is 5.32 Å². The highest BCUT2D eigenvalue weighted by Gasteiger charge is 2.15. The summed E-state index contributed by atoms with van der Waals surface area (Å²) in [6.07, 6.45) is 0. The molecule has 0 aliphatic heterocycles. The smallest absolute Gasteiger partial charge is 0.291 e. The largest absolute Gasteiger partial charge is 0.456 e. The average Bonchev–Trinajstić information content (AvgIpc) is 3.59. The zero-order chi connectivity index (χ0) is 25.1. The number of aromatic nitrogens is 1. The lowest BCUT2D eigenvalue weighted by Crippen LogP contribution is -2.20. The second-order valence-electron chi connectivity index (χ2n) is 8.13. The Kier molecular flexibility index (Phi) is 6.42. The fourth-order valence-corrected chi connectivity index (χ4v) is 4.43. The van der Waals surface area contributed by atoms with E-state index in [4.69, 9.17) is 9.40 Å². The van der Waals surface area contributed by atoms with Gasteiger partial charge in [-0.15, -0.1) is 11.3 Å². The van der Waals surface area contributed by atoms with Crippen molar-refractivity contribution in [3.63, 3.8) is 0 Å². The van der Waals surface area contributed by atoms with Gasteiger partial charge in [0.05, 0.1) is 27.4 Å². The summed E-state index contributed by atoms with van der Waals surface area (Å²) in [7, 11) is 0. The van der Waals surface area contributed by atoms with Gasteiger partial charge in [0.15, 0.2) is 5.76 Å². The SMILES string of the molecule is CC(=NNC(=O)c1cc(-c2cccs2)nc2ccccc12)c1cccc(NC(=O)c2ccc(C)o2)c1. The molecule has 0 saturated heterocycles. The highest BCUT2D eigenvalue weighted by atomic mass is 32.1. The van der Waals surface area contributed by atoms with Crippen LogP contribution < -0.4 is 10.7 Å². The molecule has 2 N–H and O–H groups in total. The second-order valence-corrected chi connectivity index (χ2v) is 9.08. The predicted octanol–water partition coefficient (Wildman–Crippen LogP) is 6.27. The molecule has 3 heterocycles. The first-order valence-electron chi connectivity index (χ1n) is 11.2. The van der Waals surface area contributed by atoms with Gasteiger partial charge in [-0.3, -0.25) is 9.59 Å². The minimum Gasteiger partial charge on any atom is -0.456 e. The predicted molar refractivity (Wildman–Crippen MR) is 143 cm³/mol. The van der Waals surface area contributed by atoms with Crippen molar-refractivity contribution in [1.82, 2.24) is 10.4 Å². The van der Waals surface area contributed by atoms with Crippen molar-refractivity contribution in [3.8, 4) is 10.6 Å². The van der Waals surface area contributed by atoms with E-state index in [0.717, 1.165) is 27.0 Å². The molecule has 2 amide bonds. The maximum absolute atomic E-state index is 13.2. The molecule has 2 aromatic carbocycles. The number of hydrogen-bond donors (Lipinski definition) is 2. The number of aryl methyl sites for hydroxylation is 1. The third-order valence-electron chi connectivity index (χ3n) is 5.56. The minimum atomic E-state index is -0.339. The normalized spacial score (nSPS) is 11.4. The number of amides is 2. The van der Waals surface area contributed by atoms with Crippen LogP contribution >= 0.6 is 11.3 Å². The number of nitrogens with one attached hydrogen (secondary N) is 2. The maximum Gasteiger partial charge on any atom is 0.291 e. The van der Waals surface area contributed by atoms with Gasteiger partial charge in [0.25, 0.3) is 11.8 Å². The summed E-state index contributed by atoms with van der Waals surface area (Å²) >= 11 is 1.57. The molecule has 3 aromatic heterocycles. The molecule has 0 atom stereocenters. The molecule has 0 fully saturated rings. The first kappa shape index (κ1) is 23.2. The summed E-state index contributed by atoms with van der Waals surface area (Å²) in [5, 5.41) is 9.86. The van der Waals surface area contributed by atoms with Crippen molar-refractivity contribution in [2.24, 2.45) is 5.10 Å². The van der Waals surface area contributed by atoms with E-state index < -0.39 is 0 Å². The van der Waals surface area contributed by atoms with Crippen molar-refractivity contribution >= 4 is 45.5 Å². The molecule has 0 radical (unpaired) electrons. The van der Waals surface area contributed by atoms with Gasteiger partial charge in [-0.2, -0.15) is 5.10 Å². The monoisotopic (exact) mass is 494 g/mol. The van der Waals surface area contributed by atoms with Crippen LogP contribution in [0.2, 0.25) is 0 Å². The standard InChI is InChI=1S/C28H22N4O3S/c1-17-12-13-25(35-17)28(34)29-20-8-5-7-19(15-20)18(2)31-32-27(33)22-16-24(26-11-6-14-36-26)30-23-10-4-3-9-21(22)23/h3-16H,1-2H3,(H,29,34)(H,32,33). The first-order valence-corrected chi connectivity index (χ1v) is 12.1. The maximum atomic E-state index is 13.2. The molecule has 5 aromatic rings. The number of thiophene rings is 1. The van der Waals surface area contributed by atoms with Crippen LogP contribution in [0.15, 0.2) is 93.8 Å². The van der Waals surface area contributed by atoms with Crippen LogP contribution in [-0.4, -0.2) is 22.5 Å². The van der Waals surface area contributed by atoms with Gasteiger partial charge in [-0.05, 0) is 67.3 Å². The van der Waals surface area contributed by atoms with Crippen LogP contribution in [0.1, 0.15) is 39.2 Å². The van der Waals surface area contributed by atoms with E-state index in [9.17, 15) is 9.59 Å². The molecule has 178 valence electrons. The summed E-state index contributed by atoms with van der Waals surface area (Å²) in [6.45, 7) is 3.57. The number of fused-ring (bicyclic) bond motifs is 1. The van der Waals surface area contributed by atoms with Crippen LogP contribution in [0, 0.1) is 6.92 Å². The number of para-hydroxylation sites is 1. The van der Waals surface area contributed by atoms with Crippen molar-refractivity contribution in [3.05, 3.63) is 107 Å². The van der Waals surface area contributed by atoms with E-state index in [1.54, 1.807) is 55.5 Å². The lowest BCUT2D eigenvalue weighted by Gasteiger charge is -2.09. The van der Waals surface area contributed by atoms with E-state index >= 15 is 0 Å². The lowest BCUT2D eigenvalue weighted by atomic mass is 10.1. The Morgan fingerprint density at radius 3 is 2.58 bits per heavy atom. The fraction of sp³-hybridized carbons (Fsp3) is 0.0714. The van der Waals surface area contributed by atoms with E-state index in [-0.39, 0.29) is 17.6 Å². The van der Waals surface area contributed by atoms with Crippen LogP contribution in [0.3, 0.4) is 0 Å². The van der Waals surface area contributed by atoms with Crippen LogP contribution in [0.5, 0.6) is 0 Å². The highest BCUT2D eigenvalue weighted by molar-refractivity contribution is 7.13. The van der Waals surface area contributed by atoms with Gasteiger partial charge >= 0.3 is 0 Å². The number of rotatable bonds is 6. The number of carbonyl (C=O) groups is 2. The van der Waals surface area contributed by atoms with Crippen LogP contribution in [0.4, 0.5) is 5.69 Å². The number of carbonyl (C=O) groups excluding carboxylic acids is 2. The molecule has 0 saturated carbocycles. The molecule has 0 aliphatic carbocycles. The quantitative estimate of drug-likeness (QED) is 0.215. The average molecular weight is 495 g/mol. The number of nitrogens with zero attached hydrogens (tertiary/aromatic N) is 2. The summed E-state index contributed by atoms with van der Waals surface area (Å²) in [5.41, 5.74) is 6.58. The molecular weight excluding hydrogens is 472 g/mol. The van der Waals surface area contributed by atoms with Crippen molar-refractivity contribution < 1.29 is 14.0 Å². The summed E-state index contributed by atoms with van der Waals surface area (Å²) in [6, 6.07) is 23.9. The third-order valence-corrected chi connectivity index (χ3v) is 6.45. The first-order chi connectivity index (χ1) is 17.5. The summed E-state index contributed by atoms with van der Waals surface area (Å²) in [4.78, 5) is 31.3. The lowest BCUT2D eigenvalue weighted by molar-refractivity contribution is 0.0955. The number of pyridine rings is 1. The number of benzene rings is 2. The van der Waals surface area contributed by atoms with E-state index in [1.165, 1.54) is 0 Å². The Bertz CT molecular complexity index is 1600. The summed E-state index contributed by atoms with van der Waals surface area (Å²) in [5.74, 6) is 0.233. The van der Waals surface area contributed by atoms with E-state index in [2.05, 4.69) is 15.8 Å². The van der Waals surface area contributed by atoms with Crippen LogP contribution in [0.25, 0.3) is 21.5 Å². The molecule has 36 heavy (non-hydrogen) atoms. The Morgan fingerprint density at radius 1 is 0.944 bits per heavy atom. The van der Waals surface area contributed by atoms with Crippen molar-refractivity contribution in [1.29, 1.82) is 0 Å². The van der Waals surface area contributed by atoms with Gasteiger partial charge in [-0.25, -0.2) is 10.4 Å². The fourth-order valence-electron chi connectivity index (χ4n) is 3.74. The molecule has 0 bridgehead atoms. The van der Waals surface area contributed by atoms with E-state index in [1.807, 2.05) is 53.9 Å². The van der Waals surface area contributed by atoms with Gasteiger partial charge in [-0.1, -0.05) is 36.4 Å². The van der Waals surface area contributed by atoms with Gasteiger partial charge in [0, 0.05) is 11.1 Å². The molecule has 5 rings (SSSR count). The van der Waals surface area contributed by atoms with E-state index in [0.29, 0.717) is 22.7 Å². The Hall–Kier alpha value is -4.56. The molecule has 0 aliphatic rings. The zero-order valence-corrected chi connectivity index (χ0v) is 20.4. The minimum absolute atomic E-state index is 0.238. The van der Waals surface area contributed by atoms with Gasteiger partial charge in [0.2, 0.25) is 0 Å². The highest BCUT2D eigenvalue weighted by Crippen LogP contribution is 2.28. The van der Waals surface area contributed by atoms with Gasteiger partial charge in [0.1, 0.15) is 5.76 Å². The number of anilines is 1. The number of hydrogen-bond acceptors (Lipinski definition) is 6. The molecule has 7 nitrogen and oxygen atoms in total. The Morgan fingerprint density at radius 2 is 1.81 bits per heavy atom. The zero-order valence-electron chi connectivity index (χ0n) is 19.6. The molecule has 0 unspecified atom stereocenters. The number of furan rings is 1. The molecule has 0 spiro atoms. The molecule has 8 heteroatoms. The second kappa shape index (κ2) is 9.97. The van der Waals surface area contributed by atoms with Crippen molar-refractivity contribution in [2.45, 2.75) is 13.8 Å². The van der Waals surface area contributed by atoms with Crippen LogP contribution in [-0.2, 0) is 0 Å².